The number of amides is 1. The Morgan fingerprint density at radius 1 is 1.19 bits per heavy atom. The molecule has 3 aromatic rings. The number of methoxy groups -OCH3 is 1. The normalized spacial score (nSPS) is 23.2. The van der Waals surface area contributed by atoms with Crippen molar-refractivity contribution in [2.45, 2.75) is 51.1 Å². The fourth-order valence-corrected chi connectivity index (χ4v) is 6.60. The lowest BCUT2D eigenvalue weighted by molar-refractivity contribution is 0.175. The summed E-state index contributed by atoms with van der Waals surface area (Å²) >= 11 is 0. The molecule has 0 bridgehead atoms. The van der Waals surface area contributed by atoms with Gasteiger partial charge in [0.15, 0.2) is 0 Å². The topological polar surface area (TPSA) is 64.4 Å². The molecular weight excluding hydrogens is 422 g/mol. The molecular formula is C25H29N3O3S. The van der Waals surface area contributed by atoms with Crippen molar-refractivity contribution in [2.75, 3.05) is 23.5 Å². The molecule has 2 aromatic carbocycles. The number of benzene rings is 2. The van der Waals surface area contributed by atoms with Crippen LogP contribution in [0, 0.1) is 0 Å². The van der Waals surface area contributed by atoms with E-state index in [1.807, 2.05) is 12.1 Å². The van der Waals surface area contributed by atoms with Crippen LogP contribution in [0.25, 0.3) is 11.0 Å². The van der Waals surface area contributed by atoms with Gasteiger partial charge in [0.05, 0.1) is 23.8 Å². The van der Waals surface area contributed by atoms with Crippen molar-refractivity contribution in [1.29, 1.82) is 0 Å². The number of nitrogens with zero attached hydrogens (tertiary/aromatic N) is 3. The number of carbonyl (C=O) groups is 1. The molecule has 32 heavy (non-hydrogen) atoms. The second-order valence-corrected chi connectivity index (χ2v) is 10.4. The minimum absolute atomic E-state index is 0.0824. The second-order valence-electron chi connectivity index (χ2n) is 8.83. The monoisotopic (exact) mass is 451 g/mol. The summed E-state index contributed by atoms with van der Waals surface area (Å²) in [4.78, 5) is 19.4. The Morgan fingerprint density at radius 2 is 2.00 bits per heavy atom. The second kappa shape index (κ2) is 8.70. The zero-order valence-corrected chi connectivity index (χ0v) is 19.4. The number of hydrogen-bond acceptors (Lipinski definition) is 4. The molecule has 7 heteroatoms. The van der Waals surface area contributed by atoms with Crippen LogP contribution in [-0.2, 0) is 28.4 Å². The summed E-state index contributed by atoms with van der Waals surface area (Å²) in [6.45, 7) is 2.06. The van der Waals surface area contributed by atoms with Crippen LogP contribution >= 0.6 is 0 Å². The predicted octanol–water partition coefficient (Wildman–Crippen LogP) is 4.62. The summed E-state index contributed by atoms with van der Waals surface area (Å²) in [6.07, 6.45) is 4.13. The Hall–Kier alpha value is -2.67. The molecule has 1 fully saturated rings. The maximum atomic E-state index is 12.5. The minimum atomic E-state index is -0.790. The standard InChI is InChI=1S/C25H29N3O3S/c1-17-10-11-20-21(27(17)25(29)31-2)12-13-22-24(20)26-23(15-18-7-4-3-5-8-18)28(22)19-9-6-14-32(30)16-19/h3-5,7-8,12-13,17,19H,6,9-11,14-16H2,1-2H3. The largest absolute Gasteiger partial charge is 0.452 e. The van der Waals surface area contributed by atoms with E-state index in [4.69, 9.17) is 9.72 Å². The zero-order chi connectivity index (χ0) is 22.2. The minimum Gasteiger partial charge on any atom is -0.452 e. The van der Waals surface area contributed by atoms with E-state index in [1.165, 1.54) is 12.7 Å². The number of imidazole rings is 1. The van der Waals surface area contributed by atoms with E-state index in [2.05, 4.69) is 41.8 Å². The average Bonchev–Trinajstić information content (AvgIpc) is 3.17. The molecule has 0 saturated carbocycles. The molecule has 3 heterocycles. The summed E-state index contributed by atoms with van der Waals surface area (Å²) in [7, 11) is 0.638. The molecule has 3 atom stereocenters. The first-order valence-corrected chi connectivity index (χ1v) is 12.8. The molecule has 1 amide bonds. The highest BCUT2D eigenvalue weighted by atomic mass is 32.2. The van der Waals surface area contributed by atoms with Gasteiger partial charge in [-0.1, -0.05) is 30.3 Å². The molecule has 1 aromatic heterocycles. The Balaban J connectivity index is 1.67. The van der Waals surface area contributed by atoms with Gasteiger partial charge in [0.1, 0.15) is 5.82 Å². The molecule has 0 aliphatic carbocycles. The number of rotatable bonds is 3. The molecule has 2 aliphatic rings. The van der Waals surface area contributed by atoms with Crippen molar-refractivity contribution < 1.29 is 13.7 Å². The molecule has 5 rings (SSSR count). The number of aryl methyl sites for hydroxylation is 1. The van der Waals surface area contributed by atoms with Crippen LogP contribution in [0.15, 0.2) is 42.5 Å². The number of ether oxygens (including phenoxy) is 1. The van der Waals surface area contributed by atoms with Gasteiger partial charge < -0.3 is 9.30 Å². The first kappa shape index (κ1) is 21.2. The summed E-state index contributed by atoms with van der Waals surface area (Å²) in [5.74, 6) is 2.47. The van der Waals surface area contributed by atoms with E-state index in [0.717, 1.165) is 66.0 Å². The summed E-state index contributed by atoms with van der Waals surface area (Å²) in [5.41, 5.74) is 5.26. The van der Waals surface area contributed by atoms with Gasteiger partial charge >= 0.3 is 6.09 Å². The Labute approximate surface area is 191 Å². The van der Waals surface area contributed by atoms with Crippen molar-refractivity contribution in [3.63, 3.8) is 0 Å². The van der Waals surface area contributed by atoms with Gasteiger partial charge in [-0.3, -0.25) is 9.11 Å². The molecule has 0 N–H and O–H groups in total. The van der Waals surface area contributed by atoms with Gasteiger partial charge in [0.2, 0.25) is 0 Å². The van der Waals surface area contributed by atoms with Crippen molar-refractivity contribution in [1.82, 2.24) is 9.55 Å². The fourth-order valence-electron chi connectivity index (χ4n) is 5.20. The summed E-state index contributed by atoms with van der Waals surface area (Å²) < 4.78 is 19.8. The third-order valence-electron chi connectivity index (χ3n) is 6.76. The van der Waals surface area contributed by atoms with Gasteiger partial charge in [-0.05, 0) is 50.3 Å². The SMILES string of the molecule is COC(=O)N1c2ccc3c(nc(Cc4ccccc4)n3C3CCCS(=O)C3)c2CCC1C. The van der Waals surface area contributed by atoms with Crippen LogP contribution in [0.3, 0.4) is 0 Å². The maximum absolute atomic E-state index is 12.5. The highest BCUT2D eigenvalue weighted by Gasteiger charge is 2.32. The number of hydrogen-bond donors (Lipinski definition) is 0. The van der Waals surface area contributed by atoms with Crippen LogP contribution in [0.5, 0.6) is 0 Å². The van der Waals surface area contributed by atoms with Crippen molar-refractivity contribution in [3.05, 3.63) is 59.4 Å². The predicted molar refractivity (Wildman–Crippen MR) is 128 cm³/mol. The first-order valence-electron chi connectivity index (χ1n) is 11.4. The Morgan fingerprint density at radius 3 is 2.75 bits per heavy atom. The molecule has 0 spiro atoms. The highest BCUT2D eigenvalue weighted by molar-refractivity contribution is 7.85. The van der Waals surface area contributed by atoms with Gasteiger partial charge in [-0.2, -0.15) is 0 Å². The first-order chi connectivity index (χ1) is 15.6. The fraction of sp³-hybridized carbons (Fsp3) is 0.440. The van der Waals surface area contributed by atoms with Crippen molar-refractivity contribution in [2.24, 2.45) is 0 Å². The number of aromatic nitrogens is 2. The third kappa shape index (κ3) is 3.72. The van der Waals surface area contributed by atoms with E-state index in [1.54, 1.807) is 4.90 Å². The smallest absolute Gasteiger partial charge is 0.414 e. The van der Waals surface area contributed by atoms with Crippen molar-refractivity contribution >= 4 is 33.6 Å². The molecule has 6 nitrogen and oxygen atoms in total. The lowest BCUT2D eigenvalue weighted by Gasteiger charge is -2.34. The molecule has 1 saturated heterocycles. The average molecular weight is 452 g/mol. The third-order valence-corrected chi connectivity index (χ3v) is 8.26. The van der Waals surface area contributed by atoms with Crippen molar-refractivity contribution in [3.8, 4) is 0 Å². The molecule has 3 unspecified atom stereocenters. The summed E-state index contributed by atoms with van der Waals surface area (Å²) in [5, 5.41) is 0. The van der Waals surface area contributed by atoms with Gasteiger partial charge in [0, 0.05) is 46.4 Å². The quantitative estimate of drug-likeness (QED) is 0.583. The highest BCUT2D eigenvalue weighted by Crippen LogP contribution is 2.38. The van der Waals surface area contributed by atoms with E-state index < -0.39 is 10.8 Å². The Kier molecular flexibility index (Phi) is 5.76. The number of anilines is 1. The molecule has 168 valence electrons. The van der Waals surface area contributed by atoms with Crippen LogP contribution < -0.4 is 4.90 Å². The van der Waals surface area contributed by atoms with E-state index in [0.29, 0.717) is 5.75 Å². The maximum Gasteiger partial charge on any atom is 0.414 e. The number of fused-ring (bicyclic) bond motifs is 3. The zero-order valence-electron chi connectivity index (χ0n) is 18.6. The summed E-state index contributed by atoms with van der Waals surface area (Å²) in [6, 6.07) is 14.8. The lowest BCUT2D eigenvalue weighted by Crippen LogP contribution is -2.42. The van der Waals surface area contributed by atoms with Gasteiger partial charge in [-0.25, -0.2) is 9.78 Å². The van der Waals surface area contributed by atoms with Gasteiger partial charge in [-0.15, -0.1) is 0 Å². The van der Waals surface area contributed by atoms with Crippen LogP contribution in [0.2, 0.25) is 0 Å². The van der Waals surface area contributed by atoms with E-state index in [9.17, 15) is 9.00 Å². The van der Waals surface area contributed by atoms with E-state index in [-0.39, 0.29) is 18.2 Å². The lowest BCUT2D eigenvalue weighted by atomic mass is 9.95. The number of carbonyl (C=O) groups excluding carboxylic acids is 1. The van der Waals surface area contributed by atoms with Crippen LogP contribution in [0.4, 0.5) is 10.5 Å². The molecule has 2 aliphatic heterocycles. The van der Waals surface area contributed by atoms with Crippen LogP contribution in [0.1, 0.15) is 49.2 Å². The Bertz CT molecular complexity index is 1170. The van der Waals surface area contributed by atoms with Gasteiger partial charge in [0.25, 0.3) is 0 Å². The van der Waals surface area contributed by atoms with Crippen LogP contribution in [-0.4, -0.2) is 44.5 Å². The van der Waals surface area contributed by atoms with E-state index >= 15 is 0 Å². The molecule has 0 radical (unpaired) electrons.